The number of pyridine rings is 1. The Balaban J connectivity index is 1.58. The SMILES string of the molecule is O=C(/C=C/c1ccc(OCc2ccncc2)cc1)c1ccc(Cl)s1. The molecule has 0 amide bonds. The number of hydrogen-bond donors (Lipinski definition) is 0. The number of benzene rings is 1. The molecule has 3 nitrogen and oxygen atoms in total. The van der Waals surface area contributed by atoms with E-state index in [2.05, 4.69) is 4.98 Å². The lowest BCUT2D eigenvalue weighted by atomic mass is 10.2. The van der Waals surface area contributed by atoms with E-state index in [9.17, 15) is 4.79 Å². The molecule has 120 valence electrons. The number of halogens is 1. The predicted molar refractivity (Wildman–Crippen MR) is 97.7 cm³/mol. The number of allylic oxidation sites excluding steroid dienone is 1. The maximum absolute atomic E-state index is 12.0. The Hall–Kier alpha value is -2.43. The van der Waals surface area contributed by atoms with Gasteiger partial charge in [0.05, 0.1) is 9.21 Å². The van der Waals surface area contributed by atoms with E-state index in [-0.39, 0.29) is 5.78 Å². The maximum atomic E-state index is 12.0. The molecule has 0 fully saturated rings. The van der Waals surface area contributed by atoms with Crippen molar-refractivity contribution < 1.29 is 9.53 Å². The van der Waals surface area contributed by atoms with Crippen LogP contribution in [0.3, 0.4) is 0 Å². The molecule has 5 heteroatoms. The van der Waals surface area contributed by atoms with Crippen LogP contribution in [0.2, 0.25) is 4.34 Å². The first kappa shape index (κ1) is 16.4. The van der Waals surface area contributed by atoms with E-state index in [4.69, 9.17) is 16.3 Å². The van der Waals surface area contributed by atoms with E-state index < -0.39 is 0 Å². The highest BCUT2D eigenvalue weighted by Crippen LogP contribution is 2.22. The van der Waals surface area contributed by atoms with Gasteiger partial charge in [0.1, 0.15) is 12.4 Å². The maximum Gasteiger partial charge on any atom is 0.195 e. The van der Waals surface area contributed by atoms with E-state index in [0.29, 0.717) is 15.8 Å². The van der Waals surface area contributed by atoms with Crippen molar-refractivity contribution in [2.75, 3.05) is 0 Å². The Morgan fingerprint density at radius 3 is 2.50 bits per heavy atom. The molecular weight excluding hydrogens is 342 g/mol. The highest BCUT2D eigenvalue weighted by molar-refractivity contribution is 7.18. The number of thiophene rings is 1. The highest BCUT2D eigenvalue weighted by atomic mass is 35.5. The summed E-state index contributed by atoms with van der Waals surface area (Å²) in [6.45, 7) is 0.495. The fraction of sp³-hybridized carbons (Fsp3) is 0.0526. The second kappa shape index (κ2) is 7.90. The minimum atomic E-state index is -0.0510. The number of hydrogen-bond acceptors (Lipinski definition) is 4. The molecular formula is C19H14ClNO2S. The monoisotopic (exact) mass is 355 g/mol. The Bertz CT molecular complexity index is 841. The molecule has 0 saturated carbocycles. The largest absolute Gasteiger partial charge is 0.489 e. The topological polar surface area (TPSA) is 39.2 Å². The summed E-state index contributed by atoms with van der Waals surface area (Å²) >= 11 is 7.12. The van der Waals surface area contributed by atoms with Gasteiger partial charge in [-0.1, -0.05) is 29.8 Å². The van der Waals surface area contributed by atoms with Gasteiger partial charge in [-0.3, -0.25) is 9.78 Å². The zero-order chi connectivity index (χ0) is 16.8. The average Bonchev–Trinajstić information content (AvgIpc) is 3.06. The summed E-state index contributed by atoms with van der Waals surface area (Å²) in [6.07, 6.45) is 6.81. The predicted octanol–water partition coefficient (Wildman–Crippen LogP) is 5.27. The number of ether oxygens (including phenoxy) is 1. The summed E-state index contributed by atoms with van der Waals surface area (Å²) in [6, 6.07) is 14.9. The molecule has 0 aliphatic heterocycles. The van der Waals surface area contributed by atoms with E-state index in [1.165, 1.54) is 11.3 Å². The van der Waals surface area contributed by atoms with Crippen molar-refractivity contribution in [2.24, 2.45) is 0 Å². The first-order valence-corrected chi connectivity index (χ1v) is 8.50. The summed E-state index contributed by atoms with van der Waals surface area (Å²) in [5, 5.41) is 0. The molecule has 0 unspecified atom stereocenters. The van der Waals surface area contributed by atoms with Gasteiger partial charge in [-0.15, -0.1) is 11.3 Å². The van der Waals surface area contributed by atoms with Crippen molar-refractivity contribution in [3.8, 4) is 5.75 Å². The molecule has 0 atom stereocenters. The lowest BCUT2D eigenvalue weighted by Crippen LogP contribution is -1.95. The normalized spacial score (nSPS) is 10.9. The molecule has 1 aromatic carbocycles. The highest BCUT2D eigenvalue weighted by Gasteiger charge is 2.04. The van der Waals surface area contributed by atoms with Crippen LogP contribution in [-0.4, -0.2) is 10.8 Å². The van der Waals surface area contributed by atoms with Crippen molar-refractivity contribution >= 4 is 34.8 Å². The van der Waals surface area contributed by atoms with Crippen molar-refractivity contribution in [1.29, 1.82) is 0 Å². The van der Waals surface area contributed by atoms with Crippen LogP contribution < -0.4 is 4.74 Å². The van der Waals surface area contributed by atoms with Crippen LogP contribution in [0.1, 0.15) is 20.8 Å². The van der Waals surface area contributed by atoms with Gasteiger partial charge >= 0.3 is 0 Å². The molecule has 0 N–H and O–H groups in total. The van der Waals surface area contributed by atoms with Crippen molar-refractivity contribution in [3.63, 3.8) is 0 Å². The van der Waals surface area contributed by atoms with Crippen LogP contribution in [0.25, 0.3) is 6.08 Å². The molecule has 0 bridgehead atoms. The van der Waals surface area contributed by atoms with Crippen LogP contribution in [0.5, 0.6) is 5.75 Å². The Morgan fingerprint density at radius 2 is 1.83 bits per heavy atom. The van der Waals surface area contributed by atoms with Crippen molar-refractivity contribution in [1.82, 2.24) is 4.98 Å². The number of carbonyl (C=O) groups is 1. The quantitative estimate of drug-likeness (QED) is 0.446. The van der Waals surface area contributed by atoms with E-state index in [1.807, 2.05) is 36.4 Å². The second-order valence-electron chi connectivity index (χ2n) is 5.01. The number of rotatable bonds is 6. The molecule has 0 aliphatic rings. The molecule has 2 aromatic heterocycles. The fourth-order valence-corrected chi connectivity index (χ4v) is 2.98. The van der Waals surface area contributed by atoms with Crippen molar-refractivity contribution in [3.05, 3.63) is 87.3 Å². The summed E-state index contributed by atoms with van der Waals surface area (Å²) in [5.41, 5.74) is 2.00. The Kier molecular flexibility index (Phi) is 5.41. The standard InChI is InChI=1S/C19H14ClNO2S/c20-19-8-7-18(24-19)17(22)6-3-14-1-4-16(5-2-14)23-13-15-9-11-21-12-10-15/h1-12H,13H2/b6-3+. The van der Waals surface area contributed by atoms with Crippen LogP contribution >= 0.6 is 22.9 Å². The van der Waals surface area contributed by atoms with Gasteiger partial charge in [0, 0.05) is 12.4 Å². The summed E-state index contributed by atoms with van der Waals surface area (Å²) in [7, 11) is 0. The van der Waals surface area contributed by atoms with Crippen LogP contribution in [0.4, 0.5) is 0 Å². The van der Waals surface area contributed by atoms with Gasteiger partial charge in [-0.25, -0.2) is 0 Å². The van der Waals surface area contributed by atoms with Crippen molar-refractivity contribution in [2.45, 2.75) is 6.61 Å². The van der Waals surface area contributed by atoms with E-state index >= 15 is 0 Å². The van der Waals surface area contributed by atoms with E-state index in [1.54, 1.807) is 36.7 Å². The number of ketones is 1. The van der Waals surface area contributed by atoms with Gasteiger partial charge in [-0.05, 0) is 53.6 Å². The minimum Gasteiger partial charge on any atom is -0.489 e. The number of nitrogens with zero attached hydrogens (tertiary/aromatic N) is 1. The third-order valence-corrected chi connectivity index (χ3v) is 4.52. The molecule has 3 rings (SSSR count). The zero-order valence-electron chi connectivity index (χ0n) is 12.7. The summed E-state index contributed by atoms with van der Waals surface area (Å²) < 4.78 is 6.33. The van der Waals surface area contributed by atoms with Gasteiger partial charge < -0.3 is 4.74 Å². The molecule has 0 radical (unpaired) electrons. The van der Waals surface area contributed by atoms with Gasteiger partial charge in [0.2, 0.25) is 0 Å². The molecule has 0 saturated heterocycles. The Morgan fingerprint density at radius 1 is 1.08 bits per heavy atom. The molecule has 24 heavy (non-hydrogen) atoms. The smallest absolute Gasteiger partial charge is 0.195 e. The molecule has 0 aliphatic carbocycles. The van der Waals surface area contributed by atoms with Gasteiger partial charge in [0.25, 0.3) is 0 Å². The zero-order valence-corrected chi connectivity index (χ0v) is 14.3. The molecule has 2 heterocycles. The first-order chi connectivity index (χ1) is 11.7. The van der Waals surface area contributed by atoms with E-state index in [0.717, 1.165) is 16.9 Å². The van der Waals surface area contributed by atoms with Crippen LogP contribution in [0.15, 0.2) is 67.0 Å². The summed E-state index contributed by atoms with van der Waals surface area (Å²) in [5.74, 6) is 0.727. The second-order valence-corrected chi connectivity index (χ2v) is 6.73. The average molecular weight is 356 g/mol. The van der Waals surface area contributed by atoms with Crippen LogP contribution in [-0.2, 0) is 6.61 Å². The Labute approximate surface area is 149 Å². The lowest BCUT2D eigenvalue weighted by Gasteiger charge is -2.06. The number of aromatic nitrogens is 1. The third kappa shape index (κ3) is 4.54. The first-order valence-electron chi connectivity index (χ1n) is 7.30. The van der Waals surface area contributed by atoms with Gasteiger partial charge in [-0.2, -0.15) is 0 Å². The third-order valence-electron chi connectivity index (χ3n) is 3.28. The number of carbonyl (C=O) groups excluding carboxylic acids is 1. The molecule has 3 aromatic rings. The van der Waals surface area contributed by atoms with Gasteiger partial charge in [0.15, 0.2) is 5.78 Å². The van der Waals surface area contributed by atoms with Crippen LogP contribution in [0, 0.1) is 0 Å². The molecule has 0 spiro atoms. The summed E-state index contributed by atoms with van der Waals surface area (Å²) in [4.78, 5) is 16.6. The minimum absolute atomic E-state index is 0.0510. The fourth-order valence-electron chi connectivity index (χ4n) is 2.02. The lowest BCUT2D eigenvalue weighted by molar-refractivity contribution is 0.105.